The number of nitrogens with zero attached hydrogens (tertiary/aromatic N) is 1. The maximum Gasteiger partial charge on any atom is 0.262 e. The minimum absolute atomic E-state index is 0.00477. The van der Waals surface area contributed by atoms with Crippen LogP contribution in [0.4, 0.5) is 0 Å². The lowest BCUT2D eigenvalue weighted by molar-refractivity contribution is -0.354. The minimum Gasteiger partial charge on any atom is -0.394 e. The number of carbonyl (C=O) groups is 2. The van der Waals surface area contributed by atoms with Crippen LogP contribution in [0, 0.1) is 0 Å². The van der Waals surface area contributed by atoms with Gasteiger partial charge in [-0.3, -0.25) is 14.5 Å². The van der Waals surface area contributed by atoms with Crippen molar-refractivity contribution in [1.29, 1.82) is 0 Å². The maximum absolute atomic E-state index is 13.5. The van der Waals surface area contributed by atoms with Crippen LogP contribution in [0.1, 0.15) is 20.7 Å². The van der Waals surface area contributed by atoms with E-state index in [4.69, 9.17) is 35.2 Å². The van der Waals surface area contributed by atoms with Crippen LogP contribution >= 0.6 is 0 Å². The van der Waals surface area contributed by atoms with Gasteiger partial charge in [0.2, 0.25) is 0 Å². The molecule has 0 bridgehead atoms. The van der Waals surface area contributed by atoms with E-state index in [0.29, 0.717) is 4.90 Å². The Labute approximate surface area is 249 Å². The number of hydrogen-bond acceptors (Lipinski definition) is 17. The SMILES string of the molecule is N[C@H]1[C@H](OC2[C@@H](CO)O[C@@H](OC3[C@@H](CO)O[C@@H](O)[C@H](N)[C@H]3O)[C@H](N3C(=O)c4ccccc4C3=O)[C@H]2O)O[C@H](CO)[C@@H](O)[C@@H]1O. The Morgan fingerprint density at radius 1 is 0.659 bits per heavy atom. The summed E-state index contributed by atoms with van der Waals surface area (Å²) in [6.07, 6.45) is -19.2. The van der Waals surface area contributed by atoms with Crippen LogP contribution in [0.15, 0.2) is 24.3 Å². The first kappa shape index (κ1) is 33.1. The summed E-state index contributed by atoms with van der Waals surface area (Å²) in [5, 5.41) is 82.7. The number of ether oxygens (including phenoxy) is 5. The second kappa shape index (κ2) is 13.2. The highest BCUT2D eigenvalue weighted by Crippen LogP contribution is 2.37. The van der Waals surface area contributed by atoms with Crippen LogP contribution in [0.5, 0.6) is 0 Å². The van der Waals surface area contributed by atoms with Crippen molar-refractivity contribution in [2.45, 2.75) is 91.9 Å². The van der Waals surface area contributed by atoms with Gasteiger partial charge in [0.15, 0.2) is 18.9 Å². The molecule has 4 aliphatic rings. The zero-order valence-corrected chi connectivity index (χ0v) is 23.1. The summed E-state index contributed by atoms with van der Waals surface area (Å²) < 4.78 is 28.4. The zero-order valence-electron chi connectivity index (χ0n) is 23.1. The lowest BCUT2D eigenvalue weighted by Crippen LogP contribution is -2.70. The fraction of sp³-hybridized carbons (Fsp3) is 0.692. The average Bonchev–Trinajstić information content (AvgIpc) is 3.27. The van der Waals surface area contributed by atoms with Crippen LogP contribution < -0.4 is 11.5 Å². The number of aliphatic hydroxyl groups excluding tert-OH is 8. The molecule has 0 aromatic heterocycles. The van der Waals surface area contributed by atoms with Gasteiger partial charge in [0, 0.05) is 0 Å². The summed E-state index contributed by atoms with van der Waals surface area (Å²) in [7, 11) is 0. The Balaban J connectivity index is 1.50. The summed E-state index contributed by atoms with van der Waals surface area (Å²) in [5.74, 6) is -1.69. The van der Waals surface area contributed by atoms with Crippen molar-refractivity contribution in [2.75, 3.05) is 19.8 Å². The van der Waals surface area contributed by atoms with Gasteiger partial charge in [-0.25, -0.2) is 0 Å². The molecule has 1 aromatic rings. The van der Waals surface area contributed by atoms with E-state index in [0.717, 1.165) is 0 Å². The molecule has 5 rings (SSSR count). The van der Waals surface area contributed by atoms with E-state index in [1.807, 2.05) is 0 Å². The molecule has 3 saturated heterocycles. The third-order valence-corrected chi connectivity index (χ3v) is 8.38. The molecule has 15 atom stereocenters. The molecule has 44 heavy (non-hydrogen) atoms. The molecular formula is C26H37N3O15. The van der Waals surface area contributed by atoms with Crippen molar-refractivity contribution in [3.63, 3.8) is 0 Å². The largest absolute Gasteiger partial charge is 0.394 e. The van der Waals surface area contributed by atoms with Gasteiger partial charge in [0.1, 0.15) is 61.0 Å². The average molecular weight is 632 g/mol. The van der Waals surface area contributed by atoms with Crippen molar-refractivity contribution in [3.8, 4) is 0 Å². The number of hydrogen-bond donors (Lipinski definition) is 10. The van der Waals surface area contributed by atoms with Crippen molar-refractivity contribution in [2.24, 2.45) is 11.5 Å². The normalized spacial score (nSPS) is 44.6. The summed E-state index contributed by atoms with van der Waals surface area (Å²) >= 11 is 0. The fourth-order valence-corrected chi connectivity index (χ4v) is 5.89. The summed E-state index contributed by atoms with van der Waals surface area (Å²) in [5.41, 5.74) is 11.8. The van der Waals surface area contributed by atoms with Gasteiger partial charge in [-0.2, -0.15) is 0 Å². The molecule has 4 aliphatic heterocycles. The standard InChI is InChI=1S/C26H37N3O15/c27-13-18(35)20(11(6-31)40-24(13)39)44-26-15(29-22(37)8-3-1-2-4-9(8)23(29)38)19(36)21(12(7-32)42-26)43-25-14(28)17(34)16(33)10(5-30)41-25/h1-4,10-21,24-26,30-36,39H,5-7,27-28H2/t10-,11-,12-,13-,14-,15-,16-,17-,18-,19-,20?,21?,24-,25+,26+/m1/s1. The van der Waals surface area contributed by atoms with E-state index in [9.17, 15) is 50.4 Å². The lowest BCUT2D eigenvalue weighted by Gasteiger charge is -2.50. The van der Waals surface area contributed by atoms with Crippen LogP contribution in [-0.2, 0) is 23.7 Å². The number of fused-ring (bicyclic) bond motifs is 1. The van der Waals surface area contributed by atoms with E-state index in [1.165, 1.54) is 24.3 Å². The van der Waals surface area contributed by atoms with Gasteiger partial charge in [0.05, 0.1) is 43.0 Å². The van der Waals surface area contributed by atoms with Gasteiger partial charge >= 0.3 is 0 Å². The molecule has 2 unspecified atom stereocenters. The van der Waals surface area contributed by atoms with Crippen LogP contribution in [0.25, 0.3) is 0 Å². The third kappa shape index (κ3) is 5.66. The smallest absolute Gasteiger partial charge is 0.262 e. The van der Waals surface area contributed by atoms with Crippen molar-refractivity contribution < 1.29 is 74.1 Å². The lowest BCUT2D eigenvalue weighted by atomic mass is 9.93. The molecule has 0 aliphatic carbocycles. The molecule has 1 aromatic carbocycles. The number of rotatable bonds is 8. The van der Waals surface area contributed by atoms with Gasteiger partial charge in [-0.15, -0.1) is 0 Å². The molecule has 18 nitrogen and oxygen atoms in total. The number of carbonyl (C=O) groups excluding carboxylic acids is 2. The number of aliphatic hydroxyl groups is 8. The van der Waals surface area contributed by atoms with Crippen LogP contribution in [0.3, 0.4) is 0 Å². The molecule has 18 heteroatoms. The summed E-state index contributed by atoms with van der Waals surface area (Å²) in [4.78, 5) is 27.7. The molecule has 0 spiro atoms. The zero-order chi connectivity index (χ0) is 32.0. The number of amides is 2. The molecule has 12 N–H and O–H groups in total. The van der Waals surface area contributed by atoms with Gasteiger partial charge in [-0.05, 0) is 12.1 Å². The summed E-state index contributed by atoms with van der Waals surface area (Å²) in [6.45, 7) is -2.36. The van der Waals surface area contributed by atoms with Crippen LogP contribution in [0.2, 0.25) is 0 Å². The van der Waals surface area contributed by atoms with Crippen molar-refractivity contribution in [1.82, 2.24) is 4.90 Å². The van der Waals surface area contributed by atoms with Gasteiger partial charge in [-0.1, -0.05) is 12.1 Å². The summed E-state index contributed by atoms with van der Waals surface area (Å²) in [6, 6.07) is 1.26. The van der Waals surface area contributed by atoms with Crippen LogP contribution in [-0.4, -0.2) is 169 Å². The Hall–Kier alpha value is -2.24. The molecule has 0 saturated carbocycles. The molecule has 246 valence electrons. The van der Waals surface area contributed by atoms with E-state index in [-0.39, 0.29) is 11.1 Å². The first-order valence-corrected chi connectivity index (χ1v) is 13.9. The Morgan fingerprint density at radius 2 is 1.16 bits per heavy atom. The third-order valence-electron chi connectivity index (χ3n) is 8.38. The van der Waals surface area contributed by atoms with E-state index >= 15 is 0 Å². The Kier molecular flexibility index (Phi) is 9.97. The van der Waals surface area contributed by atoms with Crippen molar-refractivity contribution >= 4 is 11.8 Å². The highest BCUT2D eigenvalue weighted by molar-refractivity contribution is 6.21. The van der Waals surface area contributed by atoms with E-state index in [1.54, 1.807) is 0 Å². The maximum atomic E-state index is 13.5. The topological polar surface area (TPSA) is 297 Å². The molecule has 2 amide bonds. The van der Waals surface area contributed by atoms with Crippen molar-refractivity contribution in [3.05, 3.63) is 35.4 Å². The quantitative estimate of drug-likeness (QED) is 0.119. The molecular weight excluding hydrogens is 594 g/mol. The molecule has 3 fully saturated rings. The first-order chi connectivity index (χ1) is 20.9. The highest BCUT2D eigenvalue weighted by Gasteiger charge is 2.57. The number of imide groups is 1. The second-order valence-corrected chi connectivity index (χ2v) is 11.0. The second-order valence-electron chi connectivity index (χ2n) is 11.0. The van der Waals surface area contributed by atoms with Gasteiger partial charge in [0.25, 0.3) is 11.8 Å². The Bertz CT molecular complexity index is 1160. The molecule has 4 heterocycles. The monoisotopic (exact) mass is 631 g/mol. The predicted octanol–water partition coefficient (Wildman–Crippen LogP) is -6.34. The predicted molar refractivity (Wildman–Crippen MR) is 140 cm³/mol. The number of benzene rings is 1. The van der Waals surface area contributed by atoms with E-state index in [2.05, 4.69) is 0 Å². The van der Waals surface area contributed by atoms with Gasteiger partial charge < -0.3 is 76.0 Å². The highest BCUT2D eigenvalue weighted by atomic mass is 16.7. The molecule has 0 radical (unpaired) electrons. The Morgan fingerprint density at radius 3 is 1.73 bits per heavy atom. The first-order valence-electron chi connectivity index (χ1n) is 13.9. The van der Waals surface area contributed by atoms with E-state index < -0.39 is 124 Å². The minimum atomic E-state index is -1.92. The number of nitrogens with two attached hydrogens (primary N) is 2. The fourth-order valence-electron chi connectivity index (χ4n) is 5.89.